The Morgan fingerprint density at radius 3 is 2.48 bits per heavy atom. The first-order valence-electron chi connectivity index (χ1n) is 6.59. The Bertz CT molecular complexity index is 782. The van der Waals surface area contributed by atoms with E-state index in [1.807, 2.05) is 6.92 Å². The average Bonchev–Trinajstić information content (AvgIpc) is 2.68. The lowest BCUT2D eigenvalue weighted by Gasteiger charge is -2.09. The molecule has 5 nitrogen and oxygen atoms in total. The Morgan fingerprint density at radius 2 is 1.95 bits per heavy atom. The second-order valence-corrected chi connectivity index (χ2v) is 6.50. The van der Waals surface area contributed by atoms with Gasteiger partial charge in [0.1, 0.15) is 10.7 Å². The monoisotopic (exact) mass is 311 g/mol. The number of aryl methyl sites for hydroxylation is 3. The van der Waals surface area contributed by atoms with Crippen molar-refractivity contribution in [2.45, 2.75) is 39.1 Å². The fraction of sp³-hybridized carbons (Fsp3) is 0.357. The maximum absolute atomic E-state index is 13.5. The summed E-state index contributed by atoms with van der Waals surface area (Å²) in [5, 5.41) is 4.19. The molecule has 0 amide bonds. The van der Waals surface area contributed by atoms with E-state index < -0.39 is 15.8 Å². The van der Waals surface area contributed by atoms with E-state index in [1.54, 1.807) is 25.5 Å². The van der Waals surface area contributed by atoms with Gasteiger partial charge in [0.15, 0.2) is 0 Å². The van der Waals surface area contributed by atoms with Gasteiger partial charge in [-0.25, -0.2) is 12.8 Å². The van der Waals surface area contributed by atoms with Crippen molar-refractivity contribution in [3.63, 3.8) is 0 Å². The second-order valence-electron chi connectivity index (χ2n) is 4.89. The van der Waals surface area contributed by atoms with Crippen molar-refractivity contribution in [1.82, 2.24) is 9.78 Å². The summed E-state index contributed by atoms with van der Waals surface area (Å²) in [5.41, 5.74) is 1.65. The minimum Gasteiger partial charge on any atom is -0.279 e. The number of nitrogens with zero attached hydrogens (tertiary/aromatic N) is 2. The van der Waals surface area contributed by atoms with Crippen molar-refractivity contribution in [1.29, 1.82) is 0 Å². The van der Waals surface area contributed by atoms with Crippen LogP contribution in [0.25, 0.3) is 0 Å². The predicted octanol–water partition coefficient (Wildman–Crippen LogP) is 2.77. The van der Waals surface area contributed by atoms with E-state index in [0.717, 1.165) is 0 Å². The topological polar surface area (TPSA) is 64.0 Å². The van der Waals surface area contributed by atoms with Crippen LogP contribution >= 0.6 is 0 Å². The number of anilines is 1. The summed E-state index contributed by atoms with van der Waals surface area (Å²) in [6.07, 6.45) is 0. The van der Waals surface area contributed by atoms with Crippen molar-refractivity contribution in [2.75, 3.05) is 4.72 Å². The van der Waals surface area contributed by atoms with E-state index in [0.29, 0.717) is 23.5 Å². The summed E-state index contributed by atoms with van der Waals surface area (Å²) in [7, 11) is -3.79. The zero-order valence-electron chi connectivity index (χ0n) is 12.4. The summed E-state index contributed by atoms with van der Waals surface area (Å²) in [4.78, 5) is 0.144. The van der Waals surface area contributed by atoms with Crippen molar-refractivity contribution in [3.05, 3.63) is 41.0 Å². The molecule has 21 heavy (non-hydrogen) atoms. The molecule has 0 saturated heterocycles. The number of hydrogen-bond acceptors (Lipinski definition) is 3. The highest BCUT2D eigenvalue weighted by Gasteiger charge is 2.24. The van der Waals surface area contributed by atoms with Gasteiger partial charge in [0.2, 0.25) is 0 Å². The molecule has 0 unspecified atom stereocenters. The number of aromatic nitrogens is 2. The van der Waals surface area contributed by atoms with Gasteiger partial charge in [-0.05, 0) is 45.4 Å². The molecule has 0 aliphatic heterocycles. The summed E-state index contributed by atoms with van der Waals surface area (Å²) in [6.45, 7) is 7.43. The number of nitrogens with one attached hydrogen (secondary N) is 1. The third kappa shape index (κ3) is 2.92. The van der Waals surface area contributed by atoms with Crippen LogP contribution in [0.4, 0.5) is 10.1 Å². The van der Waals surface area contributed by atoms with E-state index >= 15 is 0 Å². The smallest absolute Gasteiger partial charge is 0.265 e. The Labute approximate surface area is 123 Å². The number of halogens is 1. The van der Waals surface area contributed by atoms with Crippen LogP contribution in [0.2, 0.25) is 0 Å². The maximum atomic E-state index is 13.5. The zero-order chi connectivity index (χ0) is 15.8. The Kier molecular flexibility index (Phi) is 4.04. The van der Waals surface area contributed by atoms with Gasteiger partial charge in [0.05, 0.1) is 17.1 Å². The summed E-state index contributed by atoms with van der Waals surface area (Å²) in [5.74, 6) is -0.451. The second kappa shape index (κ2) is 5.48. The molecule has 2 aromatic rings. The molecule has 1 aromatic carbocycles. The molecule has 0 bridgehead atoms. The Morgan fingerprint density at radius 1 is 1.29 bits per heavy atom. The number of hydrogen-bond donors (Lipinski definition) is 1. The van der Waals surface area contributed by atoms with Gasteiger partial charge in [-0.15, -0.1) is 0 Å². The average molecular weight is 311 g/mol. The highest BCUT2D eigenvalue weighted by molar-refractivity contribution is 7.92. The van der Waals surface area contributed by atoms with Gasteiger partial charge in [-0.2, -0.15) is 5.10 Å². The van der Waals surface area contributed by atoms with Crippen LogP contribution in [0, 0.1) is 26.6 Å². The van der Waals surface area contributed by atoms with E-state index in [-0.39, 0.29) is 10.6 Å². The molecule has 1 heterocycles. The maximum Gasteiger partial charge on any atom is 0.265 e. The molecule has 0 saturated carbocycles. The van der Waals surface area contributed by atoms with Crippen LogP contribution in [-0.4, -0.2) is 18.2 Å². The molecule has 0 spiro atoms. The molecule has 2 rings (SSSR count). The Balaban J connectivity index is 2.43. The van der Waals surface area contributed by atoms with Gasteiger partial charge in [0, 0.05) is 6.54 Å². The third-order valence-corrected chi connectivity index (χ3v) is 4.94. The molecule has 7 heteroatoms. The number of benzene rings is 1. The first-order chi connectivity index (χ1) is 9.76. The molecular formula is C14H18FN3O2S. The van der Waals surface area contributed by atoms with Gasteiger partial charge < -0.3 is 0 Å². The summed E-state index contributed by atoms with van der Waals surface area (Å²) in [6, 6.07) is 4.23. The molecule has 1 aromatic heterocycles. The lowest BCUT2D eigenvalue weighted by Crippen LogP contribution is -2.15. The first kappa shape index (κ1) is 15.5. The van der Waals surface area contributed by atoms with E-state index in [2.05, 4.69) is 9.82 Å². The van der Waals surface area contributed by atoms with Crippen LogP contribution in [0.15, 0.2) is 23.1 Å². The lowest BCUT2D eigenvalue weighted by molar-refractivity contribution is 0.598. The highest BCUT2D eigenvalue weighted by Crippen LogP contribution is 2.23. The minimum atomic E-state index is -3.79. The third-order valence-electron chi connectivity index (χ3n) is 3.31. The number of rotatable bonds is 4. The van der Waals surface area contributed by atoms with Crippen molar-refractivity contribution in [3.8, 4) is 0 Å². The minimum absolute atomic E-state index is 0.144. The van der Waals surface area contributed by atoms with Crippen molar-refractivity contribution >= 4 is 15.7 Å². The lowest BCUT2D eigenvalue weighted by atomic mass is 10.2. The van der Waals surface area contributed by atoms with Crippen LogP contribution in [0.5, 0.6) is 0 Å². The van der Waals surface area contributed by atoms with Gasteiger partial charge in [-0.3, -0.25) is 9.40 Å². The Hall–Kier alpha value is -1.89. The molecule has 0 atom stereocenters. The fourth-order valence-corrected chi connectivity index (χ4v) is 3.70. The van der Waals surface area contributed by atoms with Crippen LogP contribution < -0.4 is 4.72 Å². The normalized spacial score (nSPS) is 11.7. The van der Waals surface area contributed by atoms with Gasteiger partial charge >= 0.3 is 0 Å². The molecule has 0 radical (unpaired) electrons. The molecule has 0 aliphatic rings. The highest BCUT2D eigenvalue weighted by atomic mass is 32.2. The molecule has 114 valence electrons. The largest absolute Gasteiger partial charge is 0.279 e. The standard InChI is InChI=1S/C14H18FN3O2S/c1-5-18-11(4)14(10(3)16-18)21(19,20)17-12-7-6-9(2)13(15)8-12/h6-8,17H,5H2,1-4H3. The van der Waals surface area contributed by atoms with E-state index in [1.165, 1.54) is 18.2 Å². The van der Waals surface area contributed by atoms with Crippen LogP contribution in [-0.2, 0) is 16.6 Å². The fourth-order valence-electron chi connectivity index (χ4n) is 2.24. The number of sulfonamides is 1. The quantitative estimate of drug-likeness (QED) is 0.944. The van der Waals surface area contributed by atoms with Gasteiger partial charge in [-0.1, -0.05) is 6.07 Å². The van der Waals surface area contributed by atoms with Crippen LogP contribution in [0.3, 0.4) is 0 Å². The summed E-state index contributed by atoms with van der Waals surface area (Å²) >= 11 is 0. The first-order valence-corrected chi connectivity index (χ1v) is 8.07. The summed E-state index contributed by atoms with van der Waals surface area (Å²) < 4.78 is 42.5. The molecule has 0 fully saturated rings. The molecular weight excluding hydrogens is 293 g/mol. The van der Waals surface area contributed by atoms with Crippen molar-refractivity contribution in [2.24, 2.45) is 0 Å². The van der Waals surface area contributed by atoms with E-state index in [4.69, 9.17) is 0 Å². The van der Waals surface area contributed by atoms with Crippen LogP contribution in [0.1, 0.15) is 23.9 Å². The predicted molar refractivity (Wildman–Crippen MR) is 79.3 cm³/mol. The molecule has 0 aliphatic carbocycles. The van der Waals surface area contributed by atoms with Gasteiger partial charge in [0.25, 0.3) is 10.0 Å². The SMILES string of the molecule is CCn1nc(C)c(S(=O)(=O)Nc2ccc(C)c(F)c2)c1C. The van der Waals surface area contributed by atoms with E-state index in [9.17, 15) is 12.8 Å². The van der Waals surface area contributed by atoms with Crippen molar-refractivity contribution < 1.29 is 12.8 Å². The zero-order valence-corrected chi connectivity index (χ0v) is 13.3. The molecule has 1 N–H and O–H groups in total.